The zero-order valence-corrected chi connectivity index (χ0v) is 14.3. The van der Waals surface area contributed by atoms with Gasteiger partial charge in [0.25, 0.3) is 10.0 Å². The first-order chi connectivity index (χ1) is 9.95. The van der Waals surface area contributed by atoms with Crippen LogP contribution in [-0.4, -0.2) is 31.3 Å². The third kappa shape index (κ3) is 3.83. The predicted octanol–water partition coefficient (Wildman–Crippen LogP) is 3.05. The van der Waals surface area contributed by atoms with Gasteiger partial charge in [-0.05, 0) is 42.7 Å². The minimum atomic E-state index is -3.44. The molecule has 2 heterocycles. The number of rotatable bonds is 6. The molecule has 0 amide bonds. The SMILES string of the molecule is Cc1cc(S(=O)(=O)N(C)CCc2ccncc2)sc1CCl. The van der Waals surface area contributed by atoms with E-state index in [-0.39, 0.29) is 0 Å². The van der Waals surface area contributed by atoms with Gasteiger partial charge >= 0.3 is 0 Å². The number of nitrogens with zero attached hydrogens (tertiary/aromatic N) is 2. The van der Waals surface area contributed by atoms with Gasteiger partial charge in [-0.1, -0.05) is 0 Å². The molecule has 0 saturated heterocycles. The summed E-state index contributed by atoms with van der Waals surface area (Å²) in [6.07, 6.45) is 4.07. The van der Waals surface area contributed by atoms with Crippen molar-refractivity contribution in [3.8, 4) is 0 Å². The zero-order chi connectivity index (χ0) is 15.5. The molecule has 0 saturated carbocycles. The maximum atomic E-state index is 12.5. The highest BCUT2D eigenvalue weighted by molar-refractivity contribution is 7.91. The summed E-state index contributed by atoms with van der Waals surface area (Å²) in [6, 6.07) is 5.48. The number of likely N-dealkylation sites (N-methyl/N-ethyl adjacent to an activating group) is 1. The van der Waals surface area contributed by atoms with Crippen LogP contribution in [0.4, 0.5) is 0 Å². The molecule has 0 bridgehead atoms. The average molecular weight is 345 g/mol. The third-order valence-electron chi connectivity index (χ3n) is 3.25. The molecule has 114 valence electrons. The minimum Gasteiger partial charge on any atom is -0.265 e. The van der Waals surface area contributed by atoms with Crippen LogP contribution in [0.25, 0.3) is 0 Å². The molecule has 2 aromatic heterocycles. The standard InChI is InChI=1S/C14H17ClN2O2S2/c1-11-9-14(20-13(11)10-15)21(18,19)17(2)8-5-12-3-6-16-7-4-12/h3-4,6-7,9H,5,8,10H2,1-2H3. The minimum absolute atomic E-state index is 0.340. The molecule has 0 N–H and O–H groups in total. The average Bonchev–Trinajstić information content (AvgIpc) is 2.87. The van der Waals surface area contributed by atoms with Crippen molar-refractivity contribution in [2.45, 2.75) is 23.4 Å². The lowest BCUT2D eigenvalue weighted by atomic mass is 10.2. The normalized spacial score (nSPS) is 12.0. The Hall–Kier alpha value is -0.950. The number of hydrogen-bond acceptors (Lipinski definition) is 4. The molecule has 0 aromatic carbocycles. The van der Waals surface area contributed by atoms with E-state index >= 15 is 0 Å². The molecule has 0 aliphatic carbocycles. The van der Waals surface area contributed by atoms with Crippen molar-refractivity contribution < 1.29 is 8.42 Å². The topological polar surface area (TPSA) is 50.3 Å². The first-order valence-corrected chi connectivity index (χ1v) is 9.24. The Morgan fingerprint density at radius 2 is 2.00 bits per heavy atom. The van der Waals surface area contributed by atoms with Gasteiger partial charge in [0.1, 0.15) is 4.21 Å². The summed E-state index contributed by atoms with van der Waals surface area (Å²) >= 11 is 7.06. The van der Waals surface area contributed by atoms with Crippen molar-refractivity contribution in [1.29, 1.82) is 0 Å². The Bertz CT molecular complexity index is 699. The van der Waals surface area contributed by atoms with Crippen molar-refractivity contribution in [3.63, 3.8) is 0 Å². The smallest absolute Gasteiger partial charge is 0.252 e. The Balaban J connectivity index is 2.11. The van der Waals surface area contributed by atoms with Crippen LogP contribution < -0.4 is 0 Å². The maximum Gasteiger partial charge on any atom is 0.252 e. The lowest BCUT2D eigenvalue weighted by Crippen LogP contribution is -2.28. The van der Waals surface area contributed by atoms with E-state index in [2.05, 4.69) is 4.98 Å². The van der Waals surface area contributed by atoms with Crippen LogP contribution in [0.2, 0.25) is 0 Å². The second-order valence-corrected chi connectivity index (χ2v) is 8.41. The molecule has 2 aromatic rings. The summed E-state index contributed by atoms with van der Waals surface area (Å²) in [5.74, 6) is 0.340. The lowest BCUT2D eigenvalue weighted by Gasteiger charge is -2.15. The molecular formula is C14H17ClN2O2S2. The quantitative estimate of drug-likeness (QED) is 0.757. The number of aromatic nitrogens is 1. The van der Waals surface area contributed by atoms with Crippen LogP contribution in [0.3, 0.4) is 0 Å². The summed E-state index contributed by atoms with van der Waals surface area (Å²) in [4.78, 5) is 4.85. The number of aryl methyl sites for hydroxylation is 1. The molecule has 0 aliphatic rings. The number of hydrogen-bond donors (Lipinski definition) is 0. The summed E-state index contributed by atoms with van der Waals surface area (Å²) in [6.45, 7) is 2.31. The zero-order valence-electron chi connectivity index (χ0n) is 11.9. The van der Waals surface area contributed by atoms with E-state index in [0.29, 0.717) is 23.1 Å². The Kier molecular flexibility index (Phi) is 5.37. The van der Waals surface area contributed by atoms with Crippen LogP contribution in [0.15, 0.2) is 34.8 Å². The van der Waals surface area contributed by atoms with Gasteiger partial charge in [-0.15, -0.1) is 22.9 Å². The van der Waals surface area contributed by atoms with E-state index in [4.69, 9.17) is 11.6 Å². The van der Waals surface area contributed by atoms with Gasteiger partial charge in [0.05, 0.1) is 5.88 Å². The molecule has 0 aliphatic heterocycles. The number of sulfonamides is 1. The largest absolute Gasteiger partial charge is 0.265 e. The van der Waals surface area contributed by atoms with Gasteiger partial charge in [-0.2, -0.15) is 4.31 Å². The fraction of sp³-hybridized carbons (Fsp3) is 0.357. The maximum absolute atomic E-state index is 12.5. The van der Waals surface area contributed by atoms with Gasteiger partial charge in [0, 0.05) is 30.9 Å². The van der Waals surface area contributed by atoms with Crippen LogP contribution in [0.1, 0.15) is 16.0 Å². The molecule has 0 spiro atoms. The molecule has 21 heavy (non-hydrogen) atoms. The van der Waals surface area contributed by atoms with Crippen molar-refractivity contribution in [3.05, 3.63) is 46.6 Å². The first kappa shape index (κ1) is 16.4. The van der Waals surface area contributed by atoms with Crippen LogP contribution in [0.5, 0.6) is 0 Å². The van der Waals surface area contributed by atoms with Gasteiger partial charge in [0.2, 0.25) is 0 Å². The number of alkyl halides is 1. The molecule has 4 nitrogen and oxygen atoms in total. The number of pyridine rings is 1. The van der Waals surface area contributed by atoms with Gasteiger partial charge in [-0.3, -0.25) is 4.98 Å². The Morgan fingerprint density at radius 1 is 1.33 bits per heavy atom. The third-order valence-corrected chi connectivity index (χ3v) is 7.22. The van der Waals surface area contributed by atoms with Gasteiger partial charge < -0.3 is 0 Å². The molecule has 0 radical (unpaired) electrons. The highest BCUT2D eigenvalue weighted by Gasteiger charge is 2.23. The van der Waals surface area contributed by atoms with Crippen LogP contribution in [0, 0.1) is 6.92 Å². The van der Waals surface area contributed by atoms with Crippen LogP contribution in [-0.2, 0) is 22.3 Å². The monoisotopic (exact) mass is 344 g/mol. The fourth-order valence-electron chi connectivity index (χ4n) is 1.86. The molecule has 0 fully saturated rings. The number of thiophene rings is 1. The van der Waals surface area contributed by atoms with Gasteiger partial charge in [0.15, 0.2) is 0 Å². The lowest BCUT2D eigenvalue weighted by molar-refractivity contribution is 0.474. The summed E-state index contributed by atoms with van der Waals surface area (Å²) in [5.41, 5.74) is 1.99. The van der Waals surface area contributed by atoms with Crippen molar-refractivity contribution >= 4 is 33.0 Å². The van der Waals surface area contributed by atoms with E-state index in [9.17, 15) is 8.42 Å². The molecule has 7 heteroatoms. The van der Waals surface area contributed by atoms with Crippen molar-refractivity contribution in [1.82, 2.24) is 9.29 Å². The fourth-order valence-corrected chi connectivity index (χ4v) is 5.05. The highest BCUT2D eigenvalue weighted by atomic mass is 35.5. The summed E-state index contributed by atoms with van der Waals surface area (Å²) < 4.78 is 26.8. The van der Waals surface area contributed by atoms with Gasteiger partial charge in [-0.25, -0.2) is 8.42 Å². The Morgan fingerprint density at radius 3 is 2.57 bits per heavy atom. The Labute approximate surface area is 134 Å². The van der Waals surface area contributed by atoms with E-state index in [1.807, 2.05) is 19.1 Å². The molecule has 2 rings (SSSR count). The van der Waals surface area contributed by atoms with E-state index in [1.54, 1.807) is 25.5 Å². The second kappa shape index (κ2) is 6.87. The molecule has 0 atom stereocenters. The second-order valence-electron chi connectivity index (χ2n) is 4.74. The van der Waals surface area contributed by atoms with Crippen molar-refractivity contribution in [2.75, 3.05) is 13.6 Å². The predicted molar refractivity (Wildman–Crippen MR) is 86.4 cm³/mol. The summed E-state index contributed by atoms with van der Waals surface area (Å²) in [5, 5.41) is 0. The summed E-state index contributed by atoms with van der Waals surface area (Å²) in [7, 11) is -1.84. The first-order valence-electron chi connectivity index (χ1n) is 6.45. The number of halogens is 1. The van der Waals surface area contributed by atoms with E-state index < -0.39 is 10.0 Å². The van der Waals surface area contributed by atoms with Crippen LogP contribution >= 0.6 is 22.9 Å². The van der Waals surface area contributed by atoms with Crippen molar-refractivity contribution in [2.24, 2.45) is 0 Å². The highest BCUT2D eigenvalue weighted by Crippen LogP contribution is 2.29. The molecule has 0 unspecified atom stereocenters. The molecular weight excluding hydrogens is 328 g/mol. The van der Waals surface area contributed by atoms with E-state index in [0.717, 1.165) is 16.0 Å². The van der Waals surface area contributed by atoms with E-state index in [1.165, 1.54) is 15.6 Å².